The van der Waals surface area contributed by atoms with E-state index in [1.165, 1.54) is 12.1 Å². The van der Waals surface area contributed by atoms with Crippen LogP contribution < -0.4 is 15.1 Å². The van der Waals surface area contributed by atoms with E-state index >= 15 is 0 Å². The first-order valence-corrected chi connectivity index (χ1v) is 9.80. The molecule has 1 heterocycles. The molecule has 1 N–H and O–H groups in total. The molecule has 1 fully saturated rings. The lowest BCUT2D eigenvalue weighted by molar-refractivity contribution is -0.148. The fraction of sp³-hybridized carbons (Fsp3) is 0.238. The number of nitrogens with zero attached hydrogens (tertiary/aromatic N) is 2. The highest BCUT2D eigenvalue weighted by Crippen LogP contribution is 2.25. The predicted molar refractivity (Wildman–Crippen MR) is 110 cm³/mol. The average molecular weight is 448 g/mol. The molecule has 1 atom stereocenters. The fourth-order valence-electron chi connectivity index (χ4n) is 3.01. The topological polar surface area (TPSA) is 96.0 Å². The Balaban J connectivity index is 1.71. The zero-order chi connectivity index (χ0) is 22.5. The smallest absolute Gasteiger partial charge is 0.276 e. The van der Waals surface area contributed by atoms with Crippen molar-refractivity contribution in [2.45, 2.75) is 25.8 Å². The molecule has 2 aromatic carbocycles. The molecule has 0 aromatic heterocycles. The van der Waals surface area contributed by atoms with Crippen molar-refractivity contribution < 1.29 is 28.3 Å². The van der Waals surface area contributed by atoms with Crippen molar-refractivity contribution in [3.63, 3.8) is 0 Å². The Morgan fingerprint density at radius 1 is 1.16 bits per heavy atom. The van der Waals surface area contributed by atoms with E-state index in [1.54, 1.807) is 31.2 Å². The number of hydrazine groups is 1. The summed E-state index contributed by atoms with van der Waals surface area (Å²) in [5, 5.41) is 1.36. The maximum Gasteiger partial charge on any atom is 0.276 e. The highest BCUT2D eigenvalue weighted by atomic mass is 35.5. The van der Waals surface area contributed by atoms with E-state index in [0.29, 0.717) is 10.8 Å². The molecule has 10 heteroatoms. The Morgan fingerprint density at radius 2 is 1.81 bits per heavy atom. The average Bonchev–Trinajstić information content (AvgIpc) is 3.05. The third kappa shape index (κ3) is 5.18. The predicted octanol–water partition coefficient (Wildman–Crippen LogP) is 2.46. The minimum absolute atomic E-state index is 0.00710. The van der Waals surface area contributed by atoms with Crippen LogP contribution in [0.15, 0.2) is 48.5 Å². The summed E-state index contributed by atoms with van der Waals surface area (Å²) in [7, 11) is 0. The van der Waals surface area contributed by atoms with E-state index in [4.69, 9.17) is 16.3 Å². The lowest BCUT2D eigenvalue weighted by atomic mass is 10.2. The fourth-order valence-corrected chi connectivity index (χ4v) is 3.14. The van der Waals surface area contributed by atoms with Crippen molar-refractivity contribution in [1.82, 2.24) is 10.4 Å². The molecule has 0 bridgehead atoms. The number of anilines is 1. The summed E-state index contributed by atoms with van der Waals surface area (Å²) in [6.45, 7) is 1.14. The highest BCUT2D eigenvalue weighted by molar-refractivity contribution is 6.30. The van der Waals surface area contributed by atoms with Crippen LogP contribution >= 0.6 is 11.6 Å². The number of rotatable bonds is 6. The van der Waals surface area contributed by atoms with Crippen molar-refractivity contribution >= 4 is 40.9 Å². The normalized spacial score (nSPS) is 15.7. The lowest BCUT2D eigenvalue weighted by Crippen LogP contribution is -2.55. The SMILES string of the molecule is CCC(=O)N(NC(=O)COc1ccc(Cl)cc1)C1CC(=O)N(c2ccc(F)cc2)C1=O. The molecule has 1 aliphatic rings. The summed E-state index contributed by atoms with van der Waals surface area (Å²) in [5.74, 6) is -2.62. The maximum absolute atomic E-state index is 13.2. The number of carbonyl (C=O) groups excluding carboxylic acids is 4. The Kier molecular flexibility index (Phi) is 6.86. The monoisotopic (exact) mass is 447 g/mol. The standard InChI is InChI=1S/C21H19ClFN3O5/c1-2-19(28)26(24-18(27)12-31-16-9-3-13(22)4-10-16)17-11-20(29)25(21(17)30)15-7-5-14(23)6-8-15/h3-10,17H,2,11-12H2,1H3,(H,24,27). The minimum Gasteiger partial charge on any atom is -0.484 e. The first-order valence-electron chi connectivity index (χ1n) is 9.42. The molecule has 0 aliphatic carbocycles. The Labute approximate surface area is 182 Å². The van der Waals surface area contributed by atoms with Crippen LogP contribution in [-0.2, 0) is 19.2 Å². The van der Waals surface area contributed by atoms with E-state index in [2.05, 4.69) is 5.43 Å². The second-order valence-electron chi connectivity index (χ2n) is 6.66. The molecule has 0 saturated carbocycles. The van der Waals surface area contributed by atoms with Gasteiger partial charge in [-0.15, -0.1) is 0 Å². The van der Waals surface area contributed by atoms with Crippen LogP contribution in [0.3, 0.4) is 0 Å². The maximum atomic E-state index is 13.2. The summed E-state index contributed by atoms with van der Waals surface area (Å²) in [6.07, 6.45) is -0.326. The summed E-state index contributed by atoms with van der Waals surface area (Å²) < 4.78 is 18.5. The molecule has 1 aliphatic heterocycles. The van der Waals surface area contributed by atoms with Crippen LogP contribution in [-0.4, -0.2) is 41.3 Å². The Morgan fingerprint density at radius 3 is 2.42 bits per heavy atom. The third-order valence-corrected chi connectivity index (χ3v) is 4.77. The molecule has 1 saturated heterocycles. The zero-order valence-electron chi connectivity index (χ0n) is 16.5. The number of ether oxygens (including phenoxy) is 1. The van der Waals surface area contributed by atoms with Gasteiger partial charge in [0.1, 0.15) is 17.6 Å². The first kappa shape index (κ1) is 22.2. The Bertz CT molecular complexity index is 997. The molecule has 4 amide bonds. The van der Waals surface area contributed by atoms with Gasteiger partial charge in [-0.3, -0.25) is 24.6 Å². The number of nitrogens with one attached hydrogen (secondary N) is 1. The highest BCUT2D eigenvalue weighted by Gasteiger charge is 2.45. The minimum atomic E-state index is -1.22. The molecule has 3 rings (SSSR count). The van der Waals surface area contributed by atoms with E-state index in [1.807, 2.05) is 0 Å². The molecule has 0 radical (unpaired) electrons. The zero-order valence-corrected chi connectivity index (χ0v) is 17.3. The van der Waals surface area contributed by atoms with Gasteiger partial charge in [-0.25, -0.2) is 14.3 Å². The van der Waals surface area contributed by atoms with E-state index in [0.717, 1.165) is 22.0 Å². The molecule has 31 heavy (non-hydrogen) atoms. The van der Waals surface area contributed by atoms with Crippen molar-refractivity contribution in [3.8, 4) is 5.75 Å². The second-order valence-corrected chi connectivity index (χ2v) is 7.10. The summed E-state index contributed by atoms with van der Waals surface area (Å²) in [5.41, 5.74) is 2.54. The molecule has 1 unspecified atom stereocenters. The molecule has 0 spiro atoms. The van der Waals surface area contributed by atoms with Gasteiger partial charge in [0, 0.05) is 11.4 Å². The Hall–Kier alpha value is -3.46. The number of hydrogen-bond donors (Lipinski definition) is 1. The van der Waals surface area contributed by atoms with Crippen molar-refractivity contribution in [1.29, 1.82) is 0 Å². The van der Waals surface area contributed by atoms with Crippen molar-refractivity contribution in [3.05, 3.63) is 59.4 Å². The molecule has 8 nitrogen and oxygen atoms in total. The van der Waals surface area contributed by atoms with Gasteiger partial charge >= 0.3 is 0 Å². The van der Waals surface area contributed by atoms with Gasteiger partial charge in [-0.2, -0.15) is 0 Å². The quantitative estimate of drug-likeness (QED) is 0.542. The number of halogens is 2. The number of amides is 4. The van der Waals surface area contributed by atoms with Crippen molar-refractivity contribution in [2.24, 2.45) is 0 Å². The van der Waals surface area contributed by atoms with Crippen LogP contribution in [0.1, 0.15) is 19.8 Å². The summed E-state index contributed by atoms with van der Waals surface area (Å²) in [6, 6.07) is 9.93. The summed E-state index contributed by atoms with van der Waals surface area (Å²) in [4.78, 5) is 50.9. The van der Waals surface area contributed by atoms with Crippen molar-refractivity contribution in [2.75, 3.05) is 11.5 Å². The van der Waals surface area contributed by atoms with Crippen LogP contribution in [0, 0.1) is 5.82 Å². The molecular weight excluding hydrogens is 429 g/mol. The van der Waals surface area contributed by atoms with Gasteiger partial charge in [0.25, 0.3) is 11.8 Å². The second kappa shape index (κ2) is 9.57. The van der Waals surface area contributed by atoms with Crippen LogP contribution in [0.4, 0.5) is 10.1 Å². The van der Waals surface area contributed by atoms with Gasteiger partial charge in [-0.05, 0) is 48.5 Å². The first-order chi connectivity index (χ1) is 14.8. The number of imide groups is 1. The molecular formula is C21H19ClFN3O5. The number of hydrogen-bond acceptors (Lipinski definition) is 5. The number of carbonyl (C=O) groups is 4. The van der Waals surface area contributed by atoms with Crippen LogP contribution in [0.5, 0.6) is 5.75 Å². The van der Waals surface area contributed by atoms with Gasteiger partial charge in [-0.1, -0.05) is 18.5 Å². The van der Waals surface area contributed by atoms with E-state index < -0.39 is 42.1 Å². The van der Waals surface area contributed by atoms with Gasteiger partial charge < -0.3 is 4.74 Å². The number of benzene rings is 2. The van der Waals surface area contributed by atoms with Gasteiger partial charge in [0.05, 0.1) is 12.1 Å². The van der Waals surface area contributed by atoms with Crippen LogP contribution in [0.25, 0.3) is 0 Å². The largest absolute Gasteiger partial charge is 0.484 e. The van der Waals surface area contributed by atoms with Gasteiger partial charge in [0.15, 0.2) is 6.61 Å². The van der Waals surface area contributed by atoms with E-state index in [-0.39, 0.29) is 18.5 Å². The third-order valence-electron chi connectivity index (χ3n) is 4.52. The van der Waals surface area contributed by atoms with E-state index in [9.17, 15) is 23.6 Å². The molecule has 2 aromatic rings. The van der Waals surface area contributed by atoms with Gasteiger partial charge in [0.2, 0.25) is 11.8 Å². The lowest BCUT2D eigenvalue weighted by Gasteiger charge is -2.27. The van der Waals surface area contributed by atoms with Crippen LogP contribution in [0.2, 0.25) is 5.02 Å². The summed E-state index contributed by atoms with van der Waals surface area (Å²) >= 11 is 5.79. The molecule has 162 valence electrons.